The molecule has 1 aromatic carbocycles. The Kier molecular flexibility index (Phi) is 5.53. The Morgan fingerprint density at radius 2 is 2.00 bits per heavy atom. The molecule has 0 bridgehead atoms. The van der Waals surface area contributed by atoms with Gasteiger partial charge in [0.2, 0.25) is 5.91 Å². The summed E-state index contributed by atoms with van der Waals surface area (Å²) in [6, 6.07) is 6.73. The minimum absolute atomic E-state index is 0.0495. The number of aromatic nitrogens is 1. The molecule has 1 amide bonds. The lowest BCUT2D eigenvalue weighted by Gasteiger charge is -2.47. The number of benzene rings is 1. The number of nitrogens with zero attached hydrogens (tertiary/aromatic N) is 1. The van der Waals surface area contributed by atoms with Gasteiger partial charge in [0.05, 0.1) is 13.0 Å². The van der Waals surface area contributed by atoms with E-state index < -0.39 is 0 Å². The van der Waals surface area contributed by atoms with Crippen LogP contribution in [0.2, 0.25) is 0 Å². The molecule has 2 aliphatic carbocycles. The zero-order chi connectivity index (χ0) is 21.5. The number of piperidine rings is 1. The smallest absolute Gasteiger partial charge is 0.309 e. The monoisotopic (exact) mass is 422 g/mol. The van der Waals surface area contributed by atoms with Gasteiger partial charge >= 0.3 is 5.97 Å². The first-order chi connectivity index (χ1) is 15.1. The van der Waals surface area contributed by atoms with E-state index in [1.165, 1.54) is 42.0 Å². The lowest BCUT2D eigenvalue weighted by Crippen LogP contribution is -2.53. The Morgan fingerprint density at radius 1 is 1.16 bits per heavy atom. The van der Waals surface area contributed by atoms with Crippen molar-refractivity contribution in [2.45, 2.75) is 76.2 Å². The number of esters is 1. The Morgan fingerprint density at radius 3 is 2.77 bits per heavy atom. The Bertz CT molecular complexity index is 976. The van der Waals surface area contributed by atoms with Crippen LogP contribution >= 0.6 is 0 Å². The molecule has 5 nitrogen and oxygen atoms in total. The standard InChI is InChI=1S/C26H34N2O3/c1-16(21-15-27-22-9-3-6-18(25(21)22)17-11-12-17)14-24(29)28-13-5-8-19-20(26(30)31-2)7-4-10-23(19)28/h3,6,9,15-17,19-20,23,27H,4-5,7-8,10-14H2,1-2H3. The maximum atomic E-state index is 13.5. The van der Waals surface area contributed by atoms with Gasteiger partial charge in [0.15, 0.2) is 0 Å². The molecule has 4 atom stereocenters. The Labute approximate surface area is 184 Å². The highest BCUT2D eigenvalue weighted by atomic mass is 16.5. The molecule has 1 aliphatic heterocycles. The summed E-state index contributed by atoms with van der Waals surface area (Å²) in [7, 11) is 1.48. The number of hydrogen-bond acceptors (Lipinski definition) is 3. The molecular weight excluding hydrogens is 388 g/mol. The quantitative estimate of drug-likeness (QED) is 0.680. The maximum absolute atomic E-state index is 13.5. The molecule has 5 heteroatoms. The molecule has 0 spiro atoms. The van der Waals surface area contributed by atoms with Gasteiger partial charge in [-0.2, -0.15) is 0 Å². The van der Waals surface area contributed by atoms with Crippen LogP contribution in [0, 0.1) is 11.8 Å². The number of likely N-dealkylation sites (tertiary alicyclic amines) is 1. The van der Waals surface area contributed by atoms with Crippen molar-refractivity contribution in [3.63, 3.8) is 0 Å². The SMILES string of the molecule is COC(=O)C1CCCC2C1CCCN2C(=O)CC(C)c1c[nH]c2cccc(C3CC3)c12. The van der Waals surface area contributed by atoms with E-state index in [1.807, 2.05) is 0 Å². The molecule has 4 unspecified atom stereocenters. The molecule has 3 fully saturated rings. The van der Waals surface area contributed by atoms with Crippen LogP contribution in [0.25, 0.3) is 10.9 Å². The maximum Gasteiger partial charge on any atom is 0.309 e. The normalized spacial score (nSPS) is 27.0. The second-order valence-electron chi connectivity index (χ2n) is 9.91. The fraction of sp³-hybridized carbons (Fsp3) is 0.615. The lowest BCUT2D eigenvalue weighted by atomic mass is 9.71. The van der Waals surface area contributed by atoms with Crippen LogP contribution in [0.5, 0.6) is 0 Å². The van der Waals surface area contributed by atoms with Crippen LogP contribution in [0.3, 0.4) is 0 Å². The zero-order valence-electron chi connectivity index (χ0n) is 18.7. The number of aromatic amines is 1. The first kappa shape index (κ1) is 20.6. The number of methoxy groups -OCH3 is 1. The third-order valence-corrected chi connectivity index (χ3v) is 7.98. The van der Waals surface area contributed by atoms with Crippen molar-refractivity contribution in [1.82, 2.24) is 9.88 Å². The van der Waals surface area contributed by atoms with Gasteiger partial charge in [-0.3, -0.25) is 9.59 Å². The van der Waals surface area contributed by atoms with E-state index in [-0.39, 0.29) is 35.7 Å². The van der Waals surface area contributed by atoms with E-state index in [4.69, 9.17) is 4.74 Å². The van der Waals surface area contributed by atoms with E-state index in [1.54, 1.807) is 0 Å². The van der Waals surface area contributed by atoms with E-state index in [0.717, 1.165) is 38.6 Å². The summed E-state index contributed by atoms with van der Waals surface area (Å²) in [5.74, 6) is 1.20. The molecular formula is C26H34N2O3. The van der Waals surface area contributed by atoms with Gasteiger partial charge in [0, 0.05) is 36.1 Å². The van der Waals surface area contributed by atoms with Crippen molar-refractivity contribution < 1.29 is 14.3 Å². The van der Waals surface area contributed by atoms with Crippen LogP contribution in [0.1, 0.15) is 81.3 Å². The summed E-state index contributed by atoms with van der Waals surface area (Å²) in [5, 5.41) is 1.34. The molecule has 3 aliphatic rings. The molecule has 2 heterocycles. The molecule has 0 radical (unpaired) electrons. The molecule has 31 heavy (non-hydrogen) atoms. The Balaban J connectivity index is 1.34. The number of H-pyrrole nitrogens is 1. The minimum atomic E-state index is -0.0937. The third kappa shape index (κ3) is 3.77. The molecule has 1 aromatic heterocycles. The van der Waals surface area contributed by atoms with Crippen LogP contribution in [0.15, 0.2) is 24.4 Å². The highest BCUT2D eigenvalue weighted by Crippen LogP contribution is 2.45. The number of ether oxygens (including phenoxy) is 1. The van der Waals surface area contributed by atoms with Gasteiger partial charge in [-0.15, -0.1) is 0 Å². The largest absolute Gasteiger partial charge is 0.469 e. The molecule has 1 N–H and O–H groups in total. The predicted molar refractivity (Wildman–Crippen MR) is 121 cm³/mol. The summed E-state index contributed by atoms with van der Waals surface area (Å²) in [4.78, 5) is 31.3. The summed E-state index contributed by atoms with van der Waals surface area (Å²) in [6.45, 7) is 3.01. The van der Waals surface area contributed by atoms with Gasteiger partial charge in [0.25, 0.3) is 0 Å². The van der Waals surface area contributed by atoms with E-state index in [0.29, 0.717) is 12.3 Å². The number of carbonyl (C=O) groups is 2. The van der Waals surface area contributed by atoms with Gasteiger partial charge in [-0.05, 0) is 73.5 Å². The van der Waals surface area contributed by atoms with E-state index in [2.05, 4.69) is 41.2 Å². The van der Waals surface area contributed by atoms with Crippen molar-refractivity contribution in [3.8, 4) is 0 Å². The van der Waals surface area contributed by atoms with Crippen molar-refractivity contribution in [1.29, 1.82) is 0 Å². The van der Waals surface area contributed by atoms with Gasteiger partial charge in [0.1, 0.15) is 0 Å². The zero-order valence-corrected chi connectivity index (χ0v) is 18.7. The average Bonchev–Trinajstić information content (AvgIpc) is 3.55. The van der Waals surface area contributed by atoms with Crippen LogP contribution < -0.4 is 0 Å². The number of rotatable bonds is 5. The first-order valence-electron chi connectivity index (χ1n) is 12.1. The first-order valence-corrected chi connectivity index (χ1v) is 12.1. The topological polar surface area (TPSA) is 62.4 Å². The average molecular weight is 423 g/mol. The van der Waals surface area contributed by atoms with E-state index in [9.17, 15) is 9.59 Å². The van der Waals surface area contributed by atoms with Crippen molar-refractivity contribution in [2.75, 3.05) is 13.7 Å². The van der Waals surface area contributed by atoms with Crippen molar-refractivity contribution in [2.24, 2.45) is 11.8 Å². The Hall–Kier alpha value is -2.30. The summed E-state index contributed by atoms with van der Waals surface area (Å²) >= 11 is 0. The minimum Gasteiger partial charge on any atom is -0.469 e. The predicted octanol–water partition coefficient (Wildman–Crippen LogP) is 5.12. The molecule has 1 saturated heterocycles. The molecule has 2 saturated carbocycles. The van der Waals surface area contributed by atoms with Crippen LogP contribution in [0.4, 0.5) is 0 Å². The van der Waals surface area contributed by atoms with Gasteiger partial charge in [-0.25, -0.2) is 0 Å². The summed E-state index contributed by atoms with van der Waals surface area (Å²) in [5.41, 5.74) is 3.90. The van der Waals surface area contributed by atoms with Crippen LogP contribution in [-0.2, 0) is 14.3 Å². The highest BCUT2D eigenvalue weighted by molar-refractivity contribution is 5.89. The summed E-state index contributed by atoms with van der Waals surface area (Å²) in [6.07, 6.45) is 10.1. The fourth-order valence-corrected chi connectivity index (χ4v) is 6.29. The second kappa shape index (κ2) is 8.33. The second-order valence-corrected chi connectivity index (χ2v) is 9.91. The lowest BCUT2D eigenvalue weighted by molar-refractivity contribution is -0.154. The number of carbonyl (C=O) groups excluding carboxylic acids is 2. The summed E-state index contributed by atoms with van der Waals surface area (Å²) < 4.78 is 5.08. The molecule has 5 rings (SSSR count). The molecule has 166 valence electrons. The molecule has 2 aromatic rings. The number of amides is 1. The van der Waals surface area contributed by atoms with Gasteiger partial charge in [-0.1, -0.05) is 25.5 Å². The number of nitrogens with one attached hydrogen (secondary N) is 1. The van der Waals surface area contributed by atoms with Crippen molar-refractivity contribution >= 4 is 22.8 Å². The van der Waals surface area contributed by atoms with Gasteiger partial charge < -0.3 is 14.6 Å². The van der Waals surface area contributed by atoms with E-state index >= 15 is 0 Å². The highest BCUT2D eigenvalue weighted by Gasteiger charge is 2.44. The number of fused-ring (bicyclic) bond motifs is 2. The fourth-order valence-electron chi connectivity index (χ4n) is 6.29. The van der Waals surface area contributed by atoms with Crippen LogP contribution in [-0.4, -0.2) is 41.5 Å². The third-order valence-electron chi connectivity index (χ3n) is 7.98. The number of hydrogen-bond donors (Lipinski definition) is 1. The van der Waals surface area contributed by atoms with Crippen molar-refractivity contribution in [3.05, 3.63) is 35.5 Å².